The summed E-state index contributed by atoms with van der Waals surface area (Å²) in [5.74, 6) is 6.01. The second-order valence-corrected chi connectivity index (χ2v) is 4.98. The van der Waals surface area contributed by atoms with Crippen LogP contribution in [0.4, 0.5) is 0 Å². The highest BCUT2D eigenvalue weighted by Crippen LogP contribution is 2.38. The second-order valence-electron chi connectivity index (χ2n) is 4.98. The molecule has 2 nitrogen and oxygen atoms in total. The van der Waals surface area contributed by atoms with Crippen molar-refractivity contribution in [3.05, 3.63) is 0 Å². The van der Waals surface area contributed by atoms with Gasteiger partial charge in [0.2, 0.25) is 0 Å². The smallest absolute Gasteiger partial charge is 0.0787 e. The van der Waals surface area contributed by atoms with Crippen LogP contribution < -0.4 is 5.90 Å². The van der Waals surface area contributed by atoms with E-state index in [0.717, 1.165) is 18.8 Å². The highest BCUT2D eigenvalue weighted by Gasteiger charge is 2.29. The first-order valence-electron chi connectivity index (χ1n) is 4.89. The Morgan fingerprint density at radius 1 is 1.08 bits per heavy atom. The Balaban J connectivity index is 2.36. The van der Waals surface area contributed by atoms with Crippen LogP contribution in [-0.2, 0) is 4.84 Å². The Morgan fingerprint density at radius 2 is 1.58 bits per heavy atom. The summed E-state index contributed by atoms with van der Waals surface area (Å²) >= 11 is 0. The number of hydrogen-bond donors (Lipinski definition) is 1. The van der Waals surface area contributed by atoms with Gasteiger partial charge in [-0.3, -0.25) is 0 Å². The maximum Gasteiger partial charge on any atom is 0.0787 e. The van der Waals surface area contributed by atoms with E-state index in [1.54, 1.807) is 0 Å². The molecule has 0 amide bonds. The Morgan fingerprint density at radius 3 is 1.92 bits per heavy atom. The minimum Gasteiger partial charge on any atom is -0.301 e. The van der Waals surface area contributed by atoms with Crippen LogP contribution in [0, 0.1) is 11.3 Å². The topological polar surface area (TPSA) is 35.2 Å². The largest absolute Gasteiger partial charge is 0.301 e. The van der Waals surface area contributed by atoms with Gasteiger partial charge in [0, 0.05) is 0 Å². The molecular formula is C10H21NO. The Bertz CT molecular complexity index is 131. The average molecular weight is 171 g/mol. The lowest BCUT2D eigenvalue weighted by atomic mass is 9.72. The maximum absolute atomic E-state index is 5.16. The van der Waals surface area contributed by atoms with Crippen LogP contribution in [0.1, 0.15) is 46.5 Å². The van der Waals surface area contributed by atoms with E-state index in [-0.39, 0.29) is 0 Å². The minimum atomic E-state index is 0.323. The molecule has 0 radical (unpaired) electrons. The normalized spacial score (nSPS) is 32.0. The zero-order chi connectivity index (χ0) is 9.19. The molecule has 0 unspecified atom stereocenters. The summed E-state index contributed by atoms with van der Waals surface area (Å²) in [5.41, 5.74) is 0.458. The highest BCUT2D eigenvalue weighted by atomic mass is 16.6. The Kier molecular flexibility index (Phi) is 3.13. The third-order valence-electron chi connectivity index (χ3n) is 3.09. The van der Waals surface area contributed by atoms with Gasteiger partial charge < -0.3 is 4.84 Å². The van der Waals surface area contributed by atoms with E-state index in [1.165, 1.54) is 12.8 Å². The molecule has 0 saturated heterocycles. The second kappa shape index (κ2) is 3.75. The summed E-state index contributed by atoms with van der Waals surface area (Å²) in [5, 5.41) is 0. The molecule has 1 saturated carbocycles. The molecule has 12 heavy (non-hydrogen) atoms. The molecule has 0 aromatic heterocycles. The van der Waals surface area contributed by atoms with Crippen LogP contribution in [0.15, 0.2) is 0 Å². The monoisotopic (exact) mass is 171 g/mol. The van der Waals surface area contributed by atoms with Gasteiger partial charge in [-0.1, -0.05) is 20.8 Å². The first kappa shape index (κ1) is 10.0. The van der Waals surface area contributed by atoms with Crippen LogP contribution >= 0.6 is 0 Å². The van der Waals surface area contributed by atoms with E-state index in [2.05, 4.69) is 20.8 Å². The minimum absolute atomic E-state index is 0.323. The Labute approximate surface area is 75.4 Å². The molecule has 72 valence electrons. The van der Waals surface area contributed by atoms with Gasteiger partial charge in [-0.05, 0) is 37.0 Å². The van der Waals surface area contributed by atoms with Crippen LogP contribution in [0.2, 0.25) is 0 Å². The predicted octanol–water partition coefficient (Wildman–Crippen LogP) is 2.48. The van der Waals surface area contributed by atoms with Gasteiger partial charge in [-0.25, -0.2) is 5.90 Å². The summed E-state index contributed by atoms with van der Waals surface area (Å²) in [7, 11) is 0. The number of hydrogen-bond acceptors (Lipinski definition) is 2. The first-order chi connectivity index (χ1) is 5.54. The van der Waals surface area contributed by atoms with Gasteiger partial charge in [-0.2, -0.15) is 0 Å². The molecule has 1 fully saturated rings. The van der Waals surface area contributed by atoms with Crippen molar-refractivity contribution in [2.75, 3.05) is 0 Å². The molecule has 0 aromatic rings. The van der Waals surface area contributed by atoms with E-state index in [4.69, 9.17) is 10.7 Å². The van der Waals surface area contributed by atoms with E-state index in [1.807, 2.05) is 0 Å². The molecule has 2 N–H and O–H groups in total. The predicted molar refractivity (Wildman–Crippen MR) is 50.5 cm³/mol. The molecule has 0 bridgehead atoms. The lowest BCUT2D eigenvalue weighted by Crippen LogP contribution is -2.30. The third-order valence-corrected chi connectivity index (χ3v) is 3.09. The molecule has 1 aliphatic carbocycles. The van der Waals surface area contributed by atoms with E-state index in [9.17, 15) is 0 Å². The number of rotatable bonds is 1. The van der Waals surface area contributed by atoms with Crippen molar-refractivity contribution in [1.29, 1.82) is 0 Å². The van der Waals surface area contributed by atoms with Gasteiger partial charge >= 0.3 is 0 Å². The van der Waals surface area contributed by atoms with Crippen LogP contribution in [-0.4, -0.2) is 6.10 Å². The fourth-order valence-electron chi connectivity index (χ4n) is 2.06. The molecular weight excluding hydrogens is 150 g/mol. The van der Waals surface area contributed by atoms with Gasteiger partial charge in [-0.15, -0.1) is 0 Å². The standard InChI is InChI=1S/C10H21NO/c1-10(2,3)8-4-6-9(12-11)7-5-8/h8-9H,4-7,11H2,1-3H3. The maximum atomic E-state index is 5.16. The summed E-state index contributed by atoms with van der Waals surface area (Å²) < 4.78 is 0. The summed E-state index contributed by atoms with van der Waals surface area (Å²) in [4.78, 5) is 4.85. The molecule has 0 atom stereocenters. The summed E-state index contributed by atoms with van der Waals surface area (Å²) in [6.07, 6.45) is 5.14. The molecule has 0 heterocycles. The molecule has 2 heteroatoms. The van der Waals surface area contributed by atoms with Crippen LogP contribution in [0.3, 0.4) is 0 Å². The van der Waals surface area contributed by atoms with E-state index in [0.29, 0.717) is 11.5 Å². The molecule has 0 aliphatic heterocycles. The summed E-state index contributed by atoms with van der Waals surface area (Å²) in [6.45, 7) is 6.96. The fraction of sp³-hybridized carbons (Fsp3) is 1.00. The van der Waals surface area contributed by atoms with Crippen molar-refractivity contribution in [2.24, 2.45) is 17.2 Å². The van der Waals surface area contributed by atoms with Crippen LogP contribution in [0.25, 0.3) is 0 Å². The zero-order valence-electron chi connectivity index (χ0n) is 8.47. The fourth-order valence-corrected chi connectivity index (χ4v) is 2.06. The summed E-state index contributed by atoms with van der Waals surface area (Å²) in [6, 6.07) is 0. The van der Waals surface area contributed by atoms with Gasteiger partial charge in [0.05, 0.1) is 6.10 Å². The van der Waals surface area contributed by atoms with Crippen molar-refractivity contribution < 1.29 is 4.84 Å². The zero-order valence-corrected chi connectivity index (χ0v) is 8.47. The lowest BCUT2D eigenvalue weighted by molar-refractivity contribution is 0.00280. The Hall–Kier alpha value is -0.0800. The van der Waals surface area contributed by atoms with Crippen molar-refractivity contribution in [2.45, 2.75) is 52.6 Å². The first-order valence-corrected chi connectivity index (χ1v) is 4.89. The van der Waals surface area contributed by atoms with Crippen LogP contribution in [0.5, 0.6) is 0 Å². The molecule has 0 aromatic carbocycles. The van der Waals surface area contributed by atoms with E-state index < -0.39 is 0 Å². The molecule has 0 spiro atoms. The average Bonchev–Trinajstić information content (AvgIpc) is 2.03. The van der Waals surface area contributed by atoms with E-state index >= 15 is 0 Å². The number of nitrogens with two attached hydrogens (primary N) is 1. The third kappa shape index (κ3) is 2.46. The van der Waals surface area contributed by atoms with Gasteiger partial charge in [0.15, 0.2) is 0 Å². The van der Waals surface area contributed by atoms with Crippen molar-refractivity contribution in [1.82, 2.24) is 0 Å². The molecule has 1 rings (SSSR count). The van der Waals surface area contributed by atoms with Crippen molar-refractivity contribution in [3.63, 3.8) is 0 Å². The quantitative estimate of drug-likeness (QED) is 0.615. The van der Waals surface area contributed by atoms with Crippen molar-refractivity contribution >= 4 is 0 Å². The van der Waals surface area contributed by atoms with Gasteiger partial charge in [0.25, 0.3) is 0 Å². The lowest BCUT2D eigenvalue weighted by Gasteiger charge is -2.36. The van der Waals surface area contributed by atoms with Gasteiger partial charge in [0.1, 0.15) is 0 Å². The SMILES string of the molecule is CC(C)(C)C1CCC(ON)CC1. The highest BCUT2D eigenvalue weighted by molar-refractivity contribution is 4.80. The van der Waals surface area contributed by atoms with Crippen molar-refractivity contribution in [3.8, 4) is 0 Å². The molecule has 1 aliphatic rings.